The Hall–Kier alpha value is -4.66. The van der Waals surface area contributed by atoms with E-state index in [4.69, 9.17) is 9.15 Å². The number of benzene rings is 2. The number of nitrogens with zero attached hydrogens (tertiary/aromatic N) is 4. The van der Waals surface area contributed by atoms with Crippen molar-refractivity contribution < 1.29 is 13.9 Å². The SMILES string of the molecule is O=C(Cn1c(=O)oc2ccccc21)Nc1ccc(Oc2cc(-n3cccc3)ncn2)cc1. The normalized spacial score (nSPS) is 10.9. The van der Waals surface area contributed by atoms with E-state index in [9.17, 15) is 9.59 Å². The Morgan fingerprint density at radius 3 is 2.59 bits per heavy atom. The zero-order valence-corrected chi connectivity index (χ0v) is 16.7. The van der Waals surface area contributed by atoms with Crippen molar-refractivity contribution in [1.82, 2.24) is 19.1 Å². The molecule has 0 aliphatic rings. The number of hydrogen-bond donors (Lipinski definition) is 1. The van der Waals surface area contributed by atoms with E-state index in [0.717, 1.165) is 0 Å². The number of para-hydroxylation sites is 2. The third kappa shape index (κ3) is 3.99. The Labute approximate surface area is 181 Å². The summed E-state index contributed by atoms with van der Waals surface area (Å²) in [6.45, 7) is -0.156. The minimum Gasteiger partial charge on any atom is -0.439 e. The summed E-state index contributed by atoms with van der Waals surface area (Å²) in [5.41, 5.74) is 1.58. The Kier molecular flexibility index (Phi) is 4.97. The molecule has 1 N–H and O–H groups in total. The van der Waals surface area contributed by atoms with E-state index in [1.54, 1.807) is 54.6 Å². The lowest BCUT2D eigenvalue weighted by Gasteiger charge is -2.09. The first-order chi connectivity index (χ1) is 15.7. The quantitative estimate of drug-likeness (QED) is 0.444. The maximum atomic E-state index is 12.4. The highest BCUT2D eigenvalue weighted by molar-refractivity contribution is 5.91. The van der Waals surface area contributed by atoms with E-state index in [2.05, 4.69) is 15.3 Å². The summed E-state index contributed by atoms with van der Waals surface area (Å²) in [4.78, 5) is 32.8. The Morgan fingerprint density at radius 1 is 1.00 bits per heavy atom. The molecule has 9 nitrogen and oxygen atoms in total. The monoisotopic (exact) mass is 427 g/mol. The summed E-state index contributed by atoms with van der Waals surface area (Å²) in [7, 11) is 0. The van der Waals surface area contributed by atoms with Crippen LogP contribution in [0.3, 0.4) is 0 Å². The van der Waals surface area contributed by atoms with Crippen molar-refractivity contribution in [3.8, 4) is 17.4 Å². The molecule has 158 valence electrons. The Morgan fingerprint density at radius 2 is 1.78 bits per heavy atom. The van der Waals surface area contributed by atoms with Crippen LogP contribution < -0.4 is 15.8 Å². The van der Waals surface area contributed by atoms with Crippen LogP contribution >= 0.6 is 0 Å². The first-order valence-corrected chi connectivity index (χ1v) is 9.77. The lowest BCUT2D eigenvalue weighted by atomic mass is 10.3. The second-order valence-electron chi connectivity index (χ2n) is 6.90. The van der Waals surface area contributed by atoms with Gasteiger partial charge in [0.2, 0.25) is 11.8 Å². The van der Waals surface area contributed by atoms with Gasteiger partial charge in [0.05, 0.1) is 5.52 Å². The van der Waals surface area contributed by atoms with Crippen molar-refractivity contribution in [2.45, 2.75) is 6.54 Å². The standard InChI is InChI=1S/C23H17N5O4/c29-21(14-28-18-5-1-2-6-19(18)32-23(28)30)26-16-7-9-17(10-8-16)31-22-13-20(24-15-25-22)27-11-3-4-12-27/h1-13,15H,14H2,(H,26,29). The third-order valence-electron chi connectivity index (χ3n) is 4.73. The summed E-state index contributed by atoms with van der Waals surface area (Å²) in [6.07, 6.45) is 5.19. The largest absolute Gasteiger partial charge is 0.439 e. The Balaban J connectivity index is 1.25. The maximum Gasteiger partial charge on any atom is 0.420 e. The molecule has 32 heavy (non-hydrogen) atoms. The van der Waals surface area contributed by atoms with E-state index in [-0.39, 0.29) is 12.5 Å². The number of carbonyl (C=O) groups excluding carboxylic acids is 1. The van der Waals surface area contributed by atoms with Crippen molar-refractivity contribution in [1.29, 1.82) is 0 Å². The van der Waals surface area contributed by atoms with E-state index in [1.165, 1.54) is 10.9 Å². The van der Waals surface area contributed by atoms with Crippen LogP contribution in [0, 0.1) is 0 Å². The molecule has 0 saturated heterocycles. The zero-order valence-electron chi connectivity index (χ0n) is 16.7. The van der Waals surface area contributed by atoms with E-state index < -0.39 is 5.76 Å². The molecular formula is C23H17N5O4. The van der Waals surface area contributed by atoms with Crippen LogP contribution in [0.15, 0.2) is 94.7 Å². The van der Waals surface area contributed by atoms with Crippen LogP contribution in [-0.2, 0) is 11.3 Å². The van der Waals surface area contributed by atoms with E-state index in [1.807, 2.05) is 29.1 Å². The van der Waals surface area contributed by atoms with Gasteiger partial charge in [0, 0.05) is 24.1 Å². The average Bonchev–Trinajstić information content (AvgIpc) is 3.44. The fourth-order valence-corrected chi connectivity index (χ4v) is 3.25. The van der Waals surface area contributed by atoms with Gasteiger partial charge in [-0.25, -0.2) is 14.8 Å². The lowest BCUT2D eigenvalue weighted by Crippen LogP contribution is -2.24. The maximum absolute atomic E-state index is 12.4. The van der Waals surface area contributed by atoms with Gasteiger partial charge in [0.25, 0.3) is 0 Å². The molecule has 2 aromatic carbocycles. The molecule has 0 aliphatic carbocycles. The Bertz CT molecular complexity index is 1440. The van der Waals surface area contributed by atoms with Crippen molar-refractivity contribution in [2.24, 2.45) is 0 Å². The average molecular weight is 427 g/mol. The molecule has 1 amide bonds. The van der Waals surface area contributed by atoms with Crippen LogP contribution in [0.5, 0.6) is 11.6 Å². The number of ether oxygens (including phenoxy) is 1. The van der Waals surface area contributed by atoms with Gasteiger partial charge in [-0.3, -0.25) is 9.36 Å². The summed E-state index contributed by atoms with van der Waals surface area (Å²) >= 11 is 0. The van der Waals surface area contributed by atoms with Crippen molar-refractivity contribution in [2.75, 3.05) is 5.32 Å². The number of carbonyl (C=O) groups is 1. The molecule has 3 heterocycles. The summed E-state index contributed by atoms with van der Waals surface area (Å²) in [5.74, 6) is 0.712. The highest BCUT2D eigenvalue weighted by Crippen LogP contribution is 2.22. The highest BCUT2D eigenvalue weighted by Gasteiger charge is 2.12. The molecule has 0 saturated carbocycles. The minimum absolute atomic E-state index is 0.156. The third-order valence-corrected chi connectivity index (χ3v) is 4.73. The van der Waals surface area contributed by atoms with Crippen molar-refractivity contribution >= 4 is 22.7 Å². The van der Waals surface area contributed by atoms with Crippen molar-refractivity contribution in [3.63, 3.8) is 0 Å². The second kappa shape index (κ2) is 8.23. The van der Waals surface area contributed by atoms with Crippen LogP contribution in [0.4, 0.5) is 5.69 Å². The first-order valence-electron chi connectivity index (χ1n) is 9.77. The number of oxazole rings is 1. The van der Waals surface area contributed by atoms with Gasteiger partial charge in [0.15, 0.2) is 5.58 Å². The fourth-order valence-electron chi connectivity index (χ4n) is 3.25. The van der Waals surface area contributed by atoms with Crippen LogP contribution in [-0.4, -0.2) is 25.0 Å². The first kappa shape index (κ1) is 19.3. The van der Waals surface area contributed by atoms with E-state index >= 15 is 0 Å². The number of nitrogens with one attached hydrogen (secondary N) is 1. The fraction of sp³-hybridized carbons (Fsp3) is 0.0435. The molecule has 9 heteroatoms. The molecule has 0 atom stereocenters. The topological polar surface area (TPSA) is 104 Å². The molecular weight excluding hydrogens is 410 g/mol. The van der Waals surface area contributed by atoms with Crippen molar-refractivity contribution in [3.05, 3.63) is 96.0 Å². The highest BCUT2D eigenvalue weighted by atomic mass is 16.5. The minimum atomic E-state index is -0.575. The van der Waals surface area contributed by atoms with E-state index in [0.29, 0.717) is 34.2 Å². The lowest BCUT2D eigenvalue weighted by molar-refractivity contribution is -0.116. The second-order valence-corrected chi connectivity index (χ2v) is 6.90. The van der Waals surface area contributed by atoms with Crippen LogP contribution in [0.2, 0.25) is 0 Å². The van der Waals surface area contributed by atoms with Gasteiger partial charge < -0.3 is 19.0 Å². The number of hydrogen-bond acceptors (Lipinski definition) is 6. The number of rotatable bonds is 6. The summed E-state index contributed by atoms with van der Waals surface area (Å²) < 4.78 is 14.1. The van der Waals surface area contributed by atoms with Gasteiger partial charge in [-0.2, -0.15) is 0 Å². The molecule has 0 fully saturated rings. The summed E-state index contributed by atoms with van der Waals surface area (Å²) in [5, 5.41) is 2.77. The smallest absolute Gasteiger partial charge is 0.420 e. The van der Waals surface area contributed by atoms with Gasteiger partial charge in [-0.1, -0.05) is 12.1 Å². The number of aromatic nitrogens is 4. The molecule has 0 spiro atoms. The zero-order chi connectivity index (χ0) is 21.9. The van der Waals surface area contributed by atoms with Crippen LogP contribution in [0.1, 0.15) is 0 Å². The van der Waals surface area contributed by atoms with Gasteiger partial charge in [-0.15, -0.1) is 0 Å². The molecule has 0 radical (unpaired) electrons. The van der Waals surface area contributed by atoms with Gasteiger partial charge in [-0.05, 0) is 48.5 Å². The van der Waals surface area contributed by atoms with Crippen LogP contribution in [0.25, 0.3) is 16.9 Å². The van der Waals surface area contributed by atoms with Gasteiger partial charge >= 0.3 is 5.76 Å². The number of anilines is 1. The number of amides is 1. The summed E-state index contributed by atoms with van der Waals surface area (Å²) in [6, 6.07) is 19.3. The molecule has 0 bridgehead atoms. The molecule has 0 unspecified atom stereocenters. The molecule has 5 aromatic rings. The molecule has 0 aliphatic heterocycles. The number of fused-ring (bicyclic) bond motifs is 1. The molecule has 3 aromatic heterocycles. The van der Waals surface area contributed by atoms with Gasteiger partial charge in [0.1, 0.15) is 24.4 Å². The molecule has 5 rings (SSSR count). The predicted octanol–water partition coefficient (Wildman–Crippen LogP) is 3.61. The predicted molar refractivity (Wildman–Crippen MR) is 117 cm³/mol.